The maximum Gasteiger partial charge on any atom is 0.310 e. The second-order valence-corrected chi connectivity index (χ2v) is 7.42. The van der Waals surface area contributed by atoms with Gasteiger partial charge in [-0.25, -0.2) is 0 Å². The summed E-state index contributed by atoms with van der Waals surface area (Å²) in [6.45, 7) is 8.48. The molecule has 0 amide bonds. The second kappa shape index (κ2) is 7.10. The Morgan fingerprint density at radius 3 is 2.52 bits per heavy atom. The van der Waals surface area contributed by atoms with Gasteiger partial charge in [-0.1, -0.05) is 13.8 Å². The molecule has 4 heteroatoms. The highest BCUT2D eigenvalue weighted by molar-refractivity contribution is 5.75. The Labute approximate surface area is 129 Å². The highest BCUT2D eigenvalue weighted by atomic mass is 16.4. The fourth-order valence-electron chi connectivity index (χ4n) is 4.03. The van der Waals surface area contributed by atoms with Gasteiger partial charge < -0.3 is 10.0 Å². The molecule has 0 aromatic heterocycles. The molecule has 0 bridgehead atoms. The zero-order valence-corrected chi connectivity index (χ0v) is 14.0. The Kier molecular flexibility index (Phi) is 5.67. The van der Waals surface area contributed by atoms with Crippen LogP contribution in [0.15, 0.2) is 0 Å². The zero-order chi connectivity index (χ0) is 15.5. The predicted octanol–water partition coefficient (Wildman–Crippen LogP) is 2.68. The van der Waals surface area contributed by atoms with Crippen LogP contribution in [0.4, 0.5) is 0 Å². The number of aliphatic carboxylic acids is 1. The summed E-state index contributed by atoms with van der Waals surface area (Å²) in [4.78, 5) is 16.8. The molecule has 1 heterocycles. The Morgan fingerprint density at radius 2 is 1.95 bits per heavy atom. The van der Waals surface area contributed by atoms with E-state index in [9.17, 15) is 9.90 Å². The molecule has 0 spiro atoms. The van der Waals surface area contributed by atoms with Gasteiger partial charge in [0.15, 0.2) is 0 Å². The molecule has 2 fully saturated rings. The number of likely N-dealkylation sites (N-methyl/N-ethyl adjacent to an activating group) is 1. The van der Waals surface area contributed by atoms with Gasteiger partial charge in [0.25, 0.3) is 0 Å². The van der Waals surface area contributed by atoms with E-state index in [2.05, 4.69) is 30.7 Å². The molecule has 1 aliphatic heterocycles. The molecular weight excluding hydrogens is 264 g/mol. The topological polar surface area (TPSA) is 43.8 Å². The Morgan fingerprint density at radius 1 is 1.29 bits per heavy atom. The van der Waals surface area contributed by atoms with E-state index in [1.807, 2.05) is 0 Å². The standard InChI is InChI=1S/C17H32N2O2/c1-4-15-12-18(3)10-5-11-19(15)13-17(16(20)21)8-6-14(2)7-9-17/h14-15H,4-13H2,1-3H3,(H,20,21). The van der Waals surface area contributed by atoms with Crippen molar-refractivity contribution in [3.8, 4) is 0 Å². The SMILES string of the molecule is CCC1CN(C)CCCN1CC1(C(=O)O)CCC(C)CC1. The molecular formula is C17H32N2O2. The first kappa shape index (κ1) is 16.8. The van der Waals surface area contributed by atoms with E-state index in [0.717, 1.165) is 64.7 Å². The molecule has 1 atom stereocenters. The van der Waals surface area contributed by atoms with Crippen molar-refractivity contribution in [3.63, 3.8) is 0 Å². The van der Waals surface area contributed by atoms with E-state index >= 15 is 0 Å². The third-order valence-corrected chi connectivity index (χ3v) is 5.69. The van der Waals surface area contributed by atoms with Gasteiger partial charge in [-0.3, -0.25) is 9.69 Å². The van der Waals surface area contributed by atoms with Crippen LogP contribution in [0, 0.1) is 11.3 Å². The van der Waals surface area contributed by atoms with Crippen molar-refractivity contribution in [2.45, 2.75) is 58.4 Å². The predicted molar refractivity (Wildman–Crippen MR) is 85.5 cm³/mol. The van der Waals surface area contributed by atoms with Crippen molar-refractivity contribution >= 4 is 5.97 Å². The normalized spacial score (nSPS) is 36.3. The van der Waals surface area contributed by atoms with E-state index in [1.165, 1.54) is 0 Å². The van der Waals surface area contributed by atoms with Crippen LogP contribution in [-0.2, 0) is 4.79 Å². The summed E-state index contributed by atoms with van der Waals surface area (Å²) in [5, 5.41) is 9.85. The van der Waals surface area contributed by atoms with Gasteiger partial charge in [0.05, 0.1) is 5.41 Å². The molecule has 1 aliphatic carbocycles. The molecule has 2 rings (SSSR count). The van der Waals surface area contributed by atoms with Crippen LogP contribution in [0.25, 0.3) is 0 Å². The quantitative estimate of drug-likeness (QED) is 0.866. The van der Waals surface area contributed by atoms with Crippen LogP contribution in [0.1, 0.15) is 52.4 Å². The van der Waals surface area contributed by atoms with E-state index in [1.54, 1.807) is 0 Å². The van der Waals surface area contributed by atoms with Gasteiger partial charge >= 0.3 is 5.97 Å². The fourth-order valence-corrected chi connectivity index (χ4v) is 4.03. The van der Waals surface area contributed by atoms with E-state index in [-0.39, 0.29) is 0 Å². The molecule has 1 saturated carbocycles. The molecule has 4 nitrogen and oxygen atoms in total. The van der Waals surface area contributed by atoms with Gasteiger partial charge in [0.1, 0.15) is 0 Å². The molecule has 122 valence electrons. The number of carbonyl (C=O) groups is 1. The van der Waals surface area contributed by atoms with Crippen molar-refractivity contribution in [3.05, 3.63) is 0 Å². The Balaban J connectivity index is 2.09. The zero-order valence-electron chi connectivity index (χ0n) is 14.0. The van der Waals surface area contributed by atoms with Gasteiger partial charge in [0.2, 0.25) is 0 Å². The van der Waals surface area contributed by atoms with Gasteiger partial charge in [-0.15, -0.1) is 0 Å². The minimum Gasteiger partial charge on any atom is -0.481 e. The summed E-state index contributed by atoms with van der Waals surface area (Å²) >= 11 is 0. The van der Waals surface area contributed by atoms with Crippen LogP contribution in [0.3, 0.4) is 0 Å². The van der Waals surface area contributed by atoms with Crippen molar-refractivity contribution in [1.29, 1.82) is 0 Å². The number of nitrogens with zero attached hydrogens (tertiary/aromatic N) is 2. The minimum atomic E-state index is -0.568. The number of hydrogen-bond acceptors (Lipinski definition) is 3. The van der Waals surface area contributed by atoms with E-state index in [4.69, 9.17) is 0 Å². The van der Waals surface area contributed by atoms with Crippen molar-refractivity contribution in [2.24, 2.45) is 11.3 Å². The summed E-state index contributed by atoms with van der Waals surface area (Å²) in [6.07, 6.45) is 6.10. The van der Waals surface area contributed by atoms with Gasteiger partial charge in [0, 0.05) is 19.1 Å². The van der Waals surface area contributed by atoms with Crippen LogP contribution in [0.2, 0.25) is 0 Å². The Hall–Kier alpha value is -0.610. The van der Waals surface area contributed by atoms with Crippen LogP contribution in [-0.4, -0.2) is 60.1 Å². The summed E-state index contributed by atoms with van der Waals surface area (Å²) in [7, 11) is 2.18. The van der Waals surface area contributed by atoms with E-state index in [0.29, 0.717) is 12.0 Å². The maximum absolute atomic E-state index is 12.0. The first-order chi connectivity index (χ1) is 9.97. The average molecular weight is 296 g/mol. The van der Waals surface area contributed by atoms with Crippen LogP contribution >= 0.6 is 0 Å². The number of hydrogen-bond donors (Lipinski definition) is 1. The molecule has 1 saturated heterocycles. The lowest BCUT2D eigenvalue weighted by Crippen LogP contribution is -2.50. The van der Waals surface area contributed by atoms with E-state index < -0.39 is 11.4 Å². The Bertz CT molecular complexity index is 351. The molecule has 2 aliphatic rings. The van der Waals surface area contributed by atoms with Crippen molar-refractivity contribution in [2.75, 3.05) is 33.2 Å². The average Bonchev–Trinajstić information content (AvgIpc) is 2.63. The lowest BCUT2D eigenvalue weighted by molar-refractivity contribution is -0.153. The molecule has 21 heavy (non-hydrogen) atoms. The fraction of sp³-hybridized carbons (Fsp3) is 0.941. The highest BCUT2D eigenvalue weighted by Gasteiger charge is 2.43. The lowest BCUT2D eigenvalue weighted by Gasteiger charge is -2.41. The largest absolute Gasteiger partial charge is 0.481 e. The summed E-state index contributed by atoms with van der Waals surface area (Å²) in [6, 6.07) is 0.507. The number of carboxylic acids is 1. The molecule has 0 aromatic carbocycles. The van der Waals surface area contributed by atoms with Crippen molar-refractivity contribution < 1.29 is 9.90 Å². The monoisotopic (exact) mass is 296 g/mol. The molecule has 1 unspecified atom stereocenters. The van der Waals surface area contributed by atoms with Crippen LogP contribution in [0.5, 0.6) is 0 Å². The first-order valence-corrected chi connectivity index (χ1v) is 8.63. The van der Waals surface area contributed by atoms with Gasteiger partial charge in [-0.2, -0.15) is 0 Å². The summed E-state index contributed by atoms with van der Waals surface area (Å²) in [5.41, 5.74) is -0.497. The first-order valence-electron chi connectivity index (χ1n) is 8.63. The molecule has 1 N–H and O–H groups in total. The highest BCUT2D eigenvalue weighted by Crippen LogP contribution is 2.40. The van der Waals surface area contributed by atoms with Gasteiger partial charge in [-0.05, 0) is 64.6 Å². The smallest absolute Gasteiger partial charge is 0.310 e. The third-order valence-electron chi connectivity index (χ3n) is 5.69. The number of carboxylic acid groups (broad SMARTS) is 1. The number of rotatable bonds is 4. The summed E-state index contributed by atoms with van der Waals surface area (Å²) < 4.78 is 0. The summed E-state index contributed by atoms with van der Waals surface area (Å²) in [5.74, 6) is 0.122. The third kappa shape index (κ3) is 3.98. The minimum absolute atomic E-state index is 0.497. The molecule has 0 radical (unpaired) electrons. The van der Waals surface area contributed by atoms with Crippen LogP contribution < -0.4 is 0 Å². The second-order valence-electron chi connectivity index (χ2n) is 7.42. The maximum atomic E-state index is 12.0. The van der Waals surface area contributed by atoms with Crippen molar-refractivity contribution in [1.82, 2.24) is 9.80 Å². The lowest BCUT2D eigenvalue weighted by atomic mass is 9.70. The molecule has 0 aromatic rings.